The highest BCUT2D eigenvalue weighted by Crippen LogP contribution is 2.40. The third-order valence-corrected chi connectivity index (χ3v) is 3.84. The van der Waals surface area contributed by atoms with E-state index in [1.165, 1.54) is 51.6 Å². The molecule has 1 saturated carbocycles. The number of nitrogens with zero attached hydrogens (tertiary/aromatic N) is 3. The van der Waals surface area contributed by atoms with E-state index in [9.17, 15) is 0 Å². The van der Waals surface area contributed by atoms with E-state index in [4.69, 9.17) is 4.52 Å². The van der Waals surface area contributed by atoms with Crippen LogP contribution in [0.2, 0.25) is 0 Å². The number of rotatable bonds is 5. The maximum absolute atomic E-state index is 5.37. The molecule has 1 aromatic heterocycles. The molecule has 2 aliphatic rings. The second kappa shape index (κ2) is 4.77. The summed E-state index contributed by atoms with van der Waals surface area (Å²) in [6.07, 6.45) is 7.43. The molecule has 3 rings (SSSR count). The lowest BCUT2D eigenvalue weighted by molar-refractivity contribution is 0.239. The highest BCUT2D eigenvalue weighted by molar-refractivity contribution is 5.05. The highest BCUT2D eigenvalue weighted by Gasteiger charge is 2.33. The largest absolute Gasteiger partial charge is 0.339 e. The minimum atomic E-state index is 0.415. The Kier molecular flexibility index (Phi) is 3.14. The Hall–Kier alpha value is -0.900. The summed E-state index contributed by atoms with van der Waals surface area (Å²) in [6, 6.07) is 0.415. The Morgan fingerprint density at radius 1 is 1.35 bits per heavy atom. The molecule has 94 valence electrons. The summed E-state index contributed by atoms with van der Waals surface area (Å²) in [5.41, 5.74) is 0. The fourth-order valence-electron chi connectivity index (χ4n) is 2.63. The van der Waals surface area contributed by atoms with Crippen LogP contribution in [0, 0.1) is 0 Å². The molecule has 4 heteroatoms. The van der Waals surface area contributed by atoms with Crippen LogP contribution in [-0.2, 0) is 0 Å². The zero-order valence-corrected chi connectivity index (χ0v) is 10.6. The first-order valence-corrected chi connectivity index (χ1v) is 6.96. The van der Waals surface area contributed by atoms with Crippen molar-refractivity contribution in [1.29, 1.82) is 0 Å². The van der Waals surface area contributed by atoms with Gasteiger partial charge < -0.3 is 4.52 Å². The van der Waals surface area contributed by atoms with Crippen molar-refractivity contribution in [3.05, 3.63) is 11.7 Å². The maximum Gasteiger partial charge on any atom is 0.229 e. The summed E-state index contributed by atoms with van der Waals surface area (Å²) < 4.78 is 5.37. The van der Waals surface area contributed by atoms with E-state index in [0.717, 1.165) is 11.7 Å². The molecule has 1 unspecified atom stereocenters. The van der Waals surface area contributed by atoms with E-state index in [0.29, 0.717) is 12.0 Å². The third-order valence-electron chi connectivity index (χ3n) is 3.84. The van der Waals surface area contributed by atoms with Gasteiger partial charge in [0.1, 0.15) is 0 Å². The van der Waals surface area contributed by atoms with Crippen molar-refractivity contribution in [2.45, 2.75) is 57.4 Å². The number of unbranched alkanes of at least 4 members (excludes halogenated alkanes) is 1. The number of hydrogen-bond donors (Lipinski definition) is 0. The van der Waals surface area contributed by atoms with Crippen LogP contribution in [-0.4, -0.2) is 28.1 Å². The molecule has 1 saturated heterocycles. The van der Waals surface area contributed by atoms with Gasteiger partial charge in [-0.3, -0.25) is 4.90 Å². The second-order valence-electron chi connectivity index (χ2n) is 5.31. The predicted octanol–water partition coefficient (Wildman–Crippen LogP) is 2.88. The SMILES string of the molecule is CCCCN1CCCC1c1noc(C2CC2)n1. The topological polar surface area (TPSA) is 42.2 Å². The summed E-state index contributed by atoms with van der Waals surface area (Å²) in [6.45, 7) is 4.61. The van der Waals surface area contributed by atoms with Gasteiger partial charge in [0.05, 0.1) is 6.04 Å². The molecule has 1 aromatic rings. The normalized spacial score (nSPS) is 25.6. The number of likely N-dealkylation sites (tertiary alicyclic amines) is 1. The van der Waals surface area contributed by atoms with Gasteiger partial charge in [-0.2, -0.15) is 4.98 Å². The molecule has 0 bridgehead atoms. The molecule has 0 amide bonds. The summed E-state index contributed by atoms with van der Waals surface area (Å²) >= 11 is 0. The third kappa shape index (κ3) is 2.37. The van der Waals surface area contributed by atoms with E-state index in [1.807, 2.05) is 0 Å². The first kappa shape index (κ1) is 11.2. The average Bonchev–Trinajstić information content (AvgIpc) is 2.92. The molecule has 4 nitrogen and oxygen atoms in total. The van der Waals surface area contributed by atoms with Crippen molar-refractivity contribution in [2.24, 2.45) is 0 Å². The van der Waals surface area contributed by atoms with Gasteiger partial charge in [0.15, 0.2) is 5.82 Å². The number of aromatic nitrogens is 2. The van der Waals surface area contributed by atoms with Crippen LogP contribution in [0.5, 0.6) is 0 Å². The monoisotopic (exact) mass is 235 g/mol. The molecule has 0 radical (unpaired) electrons. The van der Waals surface area contributed by atoms with Crippen molar-refractivity contribution in [2.75, 3.05) is 13.1 Å². The van der Waals surface area contributed by atoms with Gasteiger partial charge in [-0.05, 0) is 45.2 Å². The molecule has 1 atom stereocenters. The molecule has 1 aliphatic heterocycles. The van der Waals surface area contributed by atoms with E-state index < -0.39 is 0 Å². The molecular weight excluding hydrogens is 214 g/mol. The average molecular weight is 235 g/mol. The van der Waals surface area contributed by atoms with Gasteiger partial charge in [0.25, 0.3) is 0 Å². The standard InChI is InChI=1S/C13H21N3O/c1-2-3-8-16-9-4-5-11(16)12-14-13(17-15-12)10-6-7-10/h10-11H,2-9H2,1H3. The lowest BCUT2D eigenvalue weighted by Gasteiger charge is -2.21. The van der Waals surface area contributed by atoms with Gasteiger partial charge in [0, 0.05) is 5.92 Å². The van der Waals surface area contributed by atoms with Crippen LogP contribution in [0.1, 0.15) is 69.1 Å². The smallest absolute Gasteiger partial charge is 0.229 e. The minimum absolute atomic E-state index is 0.415. The molecule has 0 N–H and O–H groups in total. The molecule has 1 aliphatic carbocycles. The minimum Gasteiger partial charge on any atom is -0.339 e. The molecular formula is C13H21N3O. The van der Waals surface area contributed by atoms with E-state index in [1.54, 1.807) is 0 Å². The quantitative estimate of drug-likeness (QED) is 0.787. The van der Waals surface area contributed by atoms with Crippen LogP contribution in [0.4, 0.5) is 0 Å². The summed E-state index contributed by atoms with van der Waals surface area (Å²) in [7, 11) is 0. The van der Waals surface area contributed by atoms with E-state index in [2.05, 4.69) is 22.0 Å². The van der Waals surface area contributed by atoms with Gasteiger partial charge in [-0.25, -0.2) is 0 Å². The predicted molar refractivity (Wildman–Crippen MR) is 64.7 cm³/mol. The Morgan fingerprint density at radius 3 is 3.00 bits per heavy atom. The zero-order chi connectivity index (χ0) is 11.7. The van der Waals surface area contributed by atoms with Crippen LogP contribution in [0.3, 0.4) is 0 Å². The fourth-order valence-corrected chi connectivity index (χ4v) is 2.63. The fraction of sp³-hybridized carbons (Fsp3) is 0.846. The maximum atomic E-state index is 5.37. The molecule has 0 spiro atoms. The van der Waals surface area contributed by atoms with Crippen LogP contribution in [0.15, 0.2) is 4.52 Å². The van der Waals surface area contributed by atoms with Gasteiger partial charge >= 0.3 is 0 Å². The second-order valence-corrected chi connectivity index (χ2v) is 5.31. The molecule has 2 heterocycles. The van der Waals surface area contributed by atoms with Gasteiger partial charge in [-0.15, -0.1) is 0 Å². The highest BCUT2D eigenvalue weighted by atomic mass is 16.5. The van der Waals surface area contributed by atoms with Gasteiger partial charge in [0.2, 0.25) is 5.89 Å². The lowest BCUT2D eigenvalue weighted by atomic mass is 10.2. The first-order chi connectivity index (χ1) is 8.38. The van der Waals surface area contributed by atoms with E-state index >= 15 is 0 Å². The Bertz CT molecular complexity index is 372. The lowest BCUT2D eigenvalue weighted by Crippen LogP contribution is -2.25. The molecule has 17 heavy (non-hydrogen) atoms. The van der Waals surface area contributed by atoms with Crippen LogP contribution >= 0.6 is 0 Å². The van der Waals surface area contributed by atoms with Crippen molar-refractivity contribution in [3.8, 4) is 0 Å². The van der Waals surface area contributed by atoms with Crippen molar-refractivity contribution >= 4 is 0 Å². The zero-order valence-electron chi connectivity index (χ0n) is 10.6. The molecule has 2 fully saturated rings. The van der Waals surface area contributed by atoms with Crippen LogP contribution < -0.4 is 0 Å². The van der Waals surface area contributed by atoms with Crippen molar-refractivity contribution in [1.82, 2.24) is 15.0 Å². The van der Waals surface area contributed by atoms with Gasteiger partial charge in [-0.1, -0.05) is 18.5 Å². The molecule has 0 aromatic carbocycles. The Morgan fingerprint density at radius 2 is 2.24 bits per heavy atom. The first-order valence-electron chi connectivity index (χ1n) is 6.96. The van der Waals surface area contributed by atoms with E-state index in [-0.39, 0.29) is 0 Å². The van der Waals surface area contributed by atoms with Crippen molar-refractivity contribution < 1.29 is 4.52 Å². The Balaban J connectivity index is 1.67. The van der Waals surface area contributed by atoms with Crippen LogP contribution in [0.25, 0.3) is 0 Å². The van der Waals surface area contributed by atoms with Crippen molar-refractivity contribution in [3.63, 3.8) is 0 Å². The Labute approximate surface area is 102 Å². The number of hydrogen-bond acceptors (Lipinski definition) is 4. The summed E-state index contributed by atoms with van der Waals surface area (Å²) in [5, 5.41) is 4.19. The summed E-state index contributed by atoms with van der Waals surface area (Å²) in [5.74, 6) is 2.38. The summed E-state index contributed by atoms with van der Waals surface area (Å²) in [4.78, 5) is 7.11.